The molecule has 0 saturated carbocycles. The van der Waals surface area contributed by atoms with Crippen molar-refractivity contribution in [1.82, 2.24) is 0 Å². The first-order chi connectivity index (χ1) is 7.36. The van der Waals surface area contributed by atoms with Gasteiger partial charge in [-0.15, -0.1) is 11.8 Å². The first-order valence-electron chi connectivity index (χ1n) is 5.02. The molecule has 0 saturated heterocycles. The van der Waals surface area contributed by atoms with Crippen LogP contribution in [0.2, 0.25) is 0 Å². The van der Waals surface area contributed by atoms with Crippen molar-refractivity contribution in [3.05, 3.63) is 17.7 Å². The third-order valence-electron chi connectivity index (χ3n) is 2.43. The van der Waals surface area contributed by atoms with E-state index in [9.17, 15) is 0 Å². The molecular formula is C11H15NO2S. The molecule has 1 aliphatic rings. The van der Waals surface area contributed by atoms with Crippen molar-refractivity contribution in [3.8, 4) is 11.5 Å². The van der Waals surface area contributed by atoms with Gasteiger partial charge in [-0.2, -0.15) is 0 Å². The molecule has 0 radical (unpaired) electrons. The van der Waals surface area contributed by atoms with E-state index in [4.69, 9.17) is 15.2 Å². The Labute approximate surface area is 93.9 Å². The maximum absolute atomic E-state index is 5.52. The van der Waals surface area contributed by atoms with Crippen molar-refractivity contribution in [2.45, 2.75) is 17.7 Å². The van der Waals surface area contributed by atoms with Crippen LogP contribution in [0.5, 0.6) is 11.5 Å². The van der Waals surface area contributed by atoms with Gasteiger partial charge in [0, 0.05) is 0 Å². The number of nitrogens with two attached hydrogens (primary N) is 1. The van der Waals surface area contributed by atoms with Gasteiger partial charge in [-0.25, -0.2) is 0 Å². The smallest absolute Gasteiger partial charge is 0.231 e. The minimum Gasteiger partial charge on any atom is -0.454 e. The fraction of sp³-hybridized carbons (Fsp3) is 0.455. The molecule has 0 spiro atoms. The zero-order valence-corrected chi connectivity index (χ0v) is 9.60. The summed E-state index contributed by atoms with van der Waals surface area (Å²) in [5, 5.41) is 0. The van der Waals surface area contributed by atoms with Crippen molar-refractivity contribution in [2.24, 2.45) is 5.73 Å². The molecule has 2 N–H and O–H groups in total. The summed E-state index contributed by atoms with van der Waals surface area (Å²) in [6.45, 7) is 1.06. The fourth-order valence-corrected chi connectivity index (χ4v) is 2.48. The van der Waals surface area contributed by atoms with E-state index in [1.54, 1.807) is 11.8 Å². The lowest BCUT2D eigenvalue weighted by atomic mass is 10.1. The van der Waals surface area contributed by atoms with Crippen LogP contribution in [0, 0.1) is 0 Å². The molecule has 3 nitrogen and oxygen atoms in total. The van der Waals surface area contributed by atoms with Crippen LogP contribution < -0.4 is 15.2 Å². The van der Waals surface area contributed by atoms with E-state index in [0.717, 1.165) is 30.9 Å². The Morgan fingerprint density at radius 2 is 2.27 bits per heavy atom. The van der Waals surface area contributed by atoms with Gasteiger partial charge in [-0.1, -0.05) is 6.07 Å². The van der Waals surface area contributed by atoms with Crippen LogP contribution in [0.25, 0.3) is 0 Å². The molecule has 0 amide bonds. The molecule has 1 heterocycles. The van der Waals surface area contributed by atoms with Crippen molar-refractivity contribution < 1.29 is 9.47 Å². The molecule has 0 fully saturated rings. The Balaban J connectivity index is 2.30. The minimum atomic E-state index is 0.337. The number of hydrogen-bond donors (Lipinski definition) is 1. The zero-order chi connectivity index (χ0) is 10.7. The Morgan fingerprint density at radius 1 is 1.40 bits per heavy atom. The predicted octanol–water partition coefficient (Wildman–Crippen LogP) is 2.03. The second-order valence-corrected chi connectivity index (χ2v) is 4.20. The van der Waals surface area contributed by atoms with Crippen LogP contribution in [0.3, 0.4) is 0 Å². The molecule has 0 atom stereocenters. The van der Waals surface area contributed by atoms with Crippen molar-refractivity contribution in [1.29, 1.82) is 0 Å². The summed E-state index contributed by atoms with van der Waals surface area (Å²) in [5.41, 5.74) is 6.82. The Bertz CT molecular complexity index is 355. The summed E-state index contributed by atoms with van der Waals surface area (Å²) in [6, 6.07) is 4.09. The Morgan fingerprint density at radius 3 is 3.00 bits per heavy atom. The molecular weight excluding hydrogens is 210 g/mol. The van der Waals surface area contributed by atoms with E-state index in [1.807, 2.05) is 6.07 Å². The maximum Gasteiger partial charge on any atom is 0.231 e. The summed E-state index contributed by atoms with van der Waals surface area (Å²) >= 11 is 1.71. The number of hydrogen-bond acceptors (Lipinski definition) is 4. The highest BCUT2D eigenvalue weighted by Crippen LogP contribution is 2.42. The molecule has 0 unspecified atom stereocenters. The fourth-order valence-electron chi connectivity index (χ4n) is 1.70. The van der Waals surface area contributed by atoms with Gasteiger partial charge < -0.3 is 15.2 Å². The molecule has 1 aromatic rings. The van der Waals surface area contributed by atoms with Gasteiger partial charge in [0.15, 0.2) is 11.5 Å². The Hall–Kier alpha value is -0.870. The van der Waals surface area contributed by atoms with Gasteiger partial charge in [-0.05, 0) is 37.3 Å². The van der Waals surface area contributed by atoms with Gasteiger partial charge in [-0.3, -0.25) is 0 Å². The number of rotatable bonds is 4. The van der Waals surface area contributed by atoms with E-state index in [-0.39, 0.29) is 0 Å². The highest BCUT2D eigenvalue weighted by atomic mass is 32.2. The zero-order valence-electron chi connectivity index (χ0n) is 8.79. The van der Waals surface area contributed by atoms with Crippen molar-refractivity contribution in [3.63, 3.8) is 0 Å². The second kappa shape index (κ2) is 4.77. The van der Waals surface area contributed by atoms with Crippen LogP contribution in [-0.4, -0.2) is 19.6 Å². The summed E-state index contributed by atoms with van der Waals surface area (Å²) in [7, 11) is 0. The third kappa shape index (κ3) is 2.06. The quantitative estimate of drug-likeness (QED) is 0.796. The molecule has 1 aromatic carbocycles. The summed E-state index contributed by atoms with van der Waals surface area (Å²) < 4.78 is 10.8. The number of aryl methyl sites for hydroxylation is 1. The number of fused-ring (bicyclic) bond motifs is 1. The molecule has 1 aliphatic heterocycles. The van der Waals surface area contributed by atoms with E-state index in [1.165, 1.54) is 10.5 Å². The Kier molecular flexibility index (Phi) is 3.38. The lowest BCUT2D eigenvalue weighted by molar-refractivity contribution is 0.172. The molecule has 15 heavy (non-hydrogen) atoms. The monoisotopic (exact) mass is 225 g/mol. The molecule has 2 rings (SSSR count). The van der Waals surface area contributed by atoms with E-state index in [0.29, 0.717) is 6.79 Å². The lowest BCUT2D eigenvalue weighted by Crippen LogP contribution is -2.01. The van der Waals surface area contributed by atoms with Gasteiger partial charge in [0.05, 0.1) is 4.90 Å². The molecule has 0 bridgehead atoms. The largest absolute Gasteiger partial charge is 0.454 e. The second-order valence-electron chi connectivity index (χ2n) is 3.38. The number of thioether (sulfide) groups is 1. The average Bonchev–Trinajstić information content (AvgIpc) is 2.73. The van der Waals surface area contributed by atoms with Crippen LogP contribution in [0.15, 0.2) is 17.0 Å². The first-order valence-corrected chi connectivity index (χ1v) is 6.25. The average molecular weight is 225 g/mol. The normalized spacial score (nSPS) is 13.2. The summed E-state index contributed by atoms with van der Waals surface area (Å²) in [5.74, 6) is 1.76. The van der Waals surface area contributed by atoms with Gasteiger partial charge in [0.2, 0.25) is 6.79 Å². The van der Waals surface area contributed by atoms with Gasteiger partial charge >= 0.3 is 0 Å². The first kappa shape index (κ1) is 10.6. The summed E-state index contributed by atoms with van der Waals surface area (Å²) in [4.78, 5) is 1.19. The van der Waals surface area contributed by atoms with Gasteiger partial charge in [0.1, 0.15) is 0 Å². The lowest BCUT2D eigenvalue weighted by Gasteiger charge is -2.09. The van der Waals surface area contributed by atoms with E-state index >= 15 is 0 Å². The highest BCUT2D eigenvalue weighted by molar-refractivity contribution is 7.98. The van der Waals surface area contributed by atoms with Crippen molar-refractivity contribution >= 4 is 11.8 Å². The SMILES string of the molecule is CSc1c(CCCN)ccc2c1OCO2. The van der Waals surface area contributed by atoms with E-state index < -0.39 is 0 Å². The summed E-state index contributed by atoms with van der Waals surface area (Å²) in [6.07, 6.45) is 4.07. The van der Waals surface area contributed by atoms with Crippen LogP contribution in [0.4, 0.5) is 0 Å². The standard InChI is InChI=1S/C11H15NO2S/c1-15-11-8(3-2-6-12)4-5-9-10(11)14-7-13-9/h4-5H,2-3,6-7,12H2,1H3. The molecule has 4 heteroatoms. The van der Waals surface area contributed by atoms with Gasteiger partial charge in [0.25, 0.3) is 0 Å². The molecule has 82 valence electrons. The number of benzene rings is 1. The molecule has 0 aromatic heterocycles. The third-order valence-corrected chi connectivity index (χ3v) is 3.29. The molecule has 0 aliphatic carbocycles. The maximum atomic E-state index is 5.52. The van der Waals surface area contributed by atoms with Crippen LogP contribution in [0.1, 0.15) is 12.0 Å². The topological polar surface area (TPSA) is 44.5 Å². The highest BCUT2D eigenvalue weighted by Gasteiger charge is 2.19. The van der Waals surface area contributed by atoms with Crippen molar-refractivity contribution in [2.75, 3.05) is 19.6 Å². The van der Waals surface area contributed by atoms with Crippen LogP contribution in [-0.2, 0) is 6.42 Å². The predicted molar refractivity (Wildman–Crippen MR) is 61.7 cm³/mol. The minimum absolute atomic E-state index is 0.337. The number of ether oxygens (including phenoxy) is 2. The van der Waals surface area contributed by atoms with E-state index in [2.05, 4.69) is 12.3 Å². The van der Waals surface area contributed by atoms with Crippen LogP contribution >= 0.6 is 11.8 Å².